The SMILES string of the molecule is COc1cc(NC(=O)N2CCC[C@@H]2c2cccc3ccccc23)cc(OC)c1. The van der Waals surface area contributed by atoms with Gasteiger partial charge in [-0.2, -0.15) is 0 Å². The molecule has 28 heavy (non-hydrogen) atoms. The van der Waals surface area contributed by atoms with Crippen molar-refractivity contribution < 1.29 is 14.3 Å². The Kier molecular flexibility index (Phi) is 5.06. The van der Waals surface area contributed by atoms with Crippen LogP contribution in [0.25, 0.3) is 10.8 Å². The first-order valence-corrected chi connectivity index (χ1v) is 9.48. The number of carbonyl (C=O) groups is 1. The number of benzene rings is 3. The second kappa shape index (κ2) is 7.80. The molecule has 144 valence electrons. The summed E-state index contributed by atoms with van der Waals surface area (Å²) in [6.45, 7) is 0.737. The maximum Gasteiger partial charge on any atom is 0.322 e. The third-order valence-electron chi connectivity index (χ3n) is 5.30. The van der Waals surface area contributed by atoms with Gasteiger partial charge in [-0.25, -0.2) is 4.79 Å². The van der Waals surface area contributed by atoms with Crippen molar-refractivity contribution in [3.05, 3.63) is 66.2 Å². The predicted molar refractivity (Wildman–Crippen MR) is 111 cm³/mol. The molecule has 3 aromatic carbocycles. The Morgan fingerprint density at radius 3 is 2.46 bits per heavy atom. The fourth-order valence-electron chi connectivity index (χ4n) is 3.95. The number of amides is 2. The summed E-state index contributed by atoms with van der Waals surface area (Å²) in [5.41, 5.74) is 1.86. The van der Waals surface area contributed by atoms with Crippen molar-refractivity contribution in [1.29, 1.82) is 0 Å². The number of hydrogen-bond donors (Lipinski definition) is 1. The van der Waals surface area contributed by atoms with E-state index < -0.39 is 0 Å². The van der Waals surface area contributed by atoms with Crippen LogP contribution < -0.4 is 14.8 Å². The van der Waals surface area contributed by atoms with E-state index in [1.54, 1.807) is 32.4 Å². The fourth-order valence-corrected chi connectivity index (χ4v) is 3.95. The Bertz CT molecular complexity index is 975. The number of likely N-dealkylation sites (tertiary alicyclic amines) is 1. The van der Waals surface area contributed by atoms with Gasteiger partial charge in [-0.1, -0.05) is 42.5 Å². The van der Waals surface area contributed by atoms with Crippen molar-refractivity contribution in [2.45, 2.75) is 18.9 Å². The van der Waals surface area contributed by atoms with E-state index in [1.165, 1.54) is 16.3 Å². The summed E-state index contributed by atoms with van der Waals surface area (Å²) in [4.78, 5) is 15.0. The van der Waals surface area contributed by atoms with Gasteiger partial charge in [-0.05, 0) is 29.2 Å². The van der Waals surface area contributed by atoms with E-state index in [9.17, 15) is 4.79 Å². The van der Waals surface area contributed by atoms with Crippen LogP contribution in [0, 0.1) is 0 Å². The van der Waals surface area contributed by atoms with Crippen molar-refractivity contribution in [1.82, 2.24) is 4.90 Å². The van der Waals surface area contributed by atoms with Crippen LogP contribution in [-0.2, 0) is 0 Å². The number of methoxy groups -OCH3 is 2. The normalized spacial score (nSPS) is 16.2. The average Bonchev–Trinajstić information content (AvgIpc) is 3.22. The van der Waals surface area contributed by atoms with Gasteiger partial charge in [0.1, 0.15) is 11.5 Å². The standard InChI is InChI=1S/C23H24N2O3/c1-27-18-13-17(14-19(15-18)28-2)24-23(26)25-12-6-11-22(25)21-10-5-8-16-7-3-4-9-20(16)21/h3-5,7-10,13-15,22H,6,11-12H2,1-2H3,(H,24,26)/t22-/m1/s1. The number of rotatable bonds is 4. The molecule has 0 unspecified atom stereocenters. The lowest BCUT2D eigenvalue weighted by molar-refractivity contribution is 0.207. The first kappa shape index (κ1) is 18.2. The molecule has 1 N–H and O–H groups in total. The van der Waals surface area contributed by atoms with Gasteiger partial charge in [0.2, 0.25) is 0 Å². The van der Waals surface area contributed by atoms with E-state index in [2.05, 4.69) is 35.6 Å². The van der Waals surface area contributed by atoms with Crippen molar-refractivity contribution >= 4 is 22.5 Å². The number of nitrogens with one attached hydrogen (secondary N) is 1. The van der Waals surface area contributed by atoms with Crippen LogP contribution in [0.3, 0.4) is 0 Å². The number of hydrogen-bond acceptors (Lipinski definition) is 3. The summed E-state index contributed by atoms with van der Waals surface area (Å²) in [6, 6.07) is 20.0. The Morgan fingerprint density at radius 1 is 1.00 bits per heavy atom. The largest absolute Gasteiger partial charge is 0.497 e. The molecule has 0 aliphatic carbocycles. The zero-order valence-electron chi connectivity index (χ0n) is 16.1. The highest BCUT2D eigenvalue weighted by Gasteiger charge is 2.31. The van der Waals surface area contributed by atoms with Crippen molar-refractivity contribution in [3.8, 4) is 11.5 Å². The maximum absolute atomic E-state index is 13.1. The lowest BCUT2D eigenvalue weighted by atomic mass is 9.97. The second-order valence-corrected chi connectivity index (χ2v) is 6.95. The Morgan fingerprint density at radius 2 is 1.71 bits per heavy atom. The van der Waals surface area contributed by atoms with Crippen molar-refractivity contribution in [3.63, 3.8) is 0 Å². The molecule has 1 saturated heterocycles. The molecule has 0 spiro atoms. The Hall–Kier alpha value is -3.21. The molecule has 1 aliphatic heterocycles. The number of fused-ring (bicyclic) bond motifs is 1. The van der Waals surface area contributed by atoms with E-state index in [0.29, 0.717) is 17.2 Å². The van der Waals surface area contributed by atoms with Crippen LogP contribution in [0.1, 0.15) is 24.4 Å². The van der Waals surface area contributed by atoms with E-state index in [4.69, 9.17) is 9.47 Å². The second-order valence-electron chi connectivity index (χ2n) is 6.95. The monoisotopic (exact) mass is 376 g/mol. The summed E-state index contributed by atoms with van der Waals surface area (Å²) < 4.78 is 10.6. The zero-order chi connectivity index (χ0) is 19.5. The van der Waals surface area contributed by atoms with Gasteiger partial charge in [-0.15, -0.1) is 0 Å². The van der Waals surface area contributed by atoms with Crippen LogP contribution in [0.4, 0.5) is 10.5 Å². The highest BCUT2D eigenvalue weighted by Crippen LogP contribution is 2.36. The molecule has 0 aromatic heterocycles. The molecule has 3 aromatic rings. The molecule has 2 amide bonds. The first-order valence-electron chi connectivity index (χ1n) is 9.48. The lowest BCUT2D eigenvalue weighted by Crippen LogP contribution is -2.34. The van der Waals surface area contributed by atoms with Crippen LogP contribution in [0.15, 0.2) is 60.7 Å². The minimum Gasteiger partial charge on any atom is -0.497 e. The van der Waals surface area contributed by atoms with Crippen LogP contribution in [0.2, 0.25) is 0 Å². The summed E-state index contributed by atoms with van der Waals surface area (Å²) in [5, 5.41) is 5.41. The molecule has 1 fully saturated rings. The molecule has 1 aliphatic rings. The number of carbonyl (C=O) groups excluding carboxylic acids is 1. The topological polar surface area (TPSA) is 50.8 Å². The highest BCUT2D eigenvalue weighted by molar-refractivity contribution is 5.91. The molecule has 0 radical (unpaired) electrons. The van der Waals surface area contributed by atoms with Crippen molar-refractivity contribution in [2.75, 3.05) is 26.1 Å². The molecule has 0 saturated carbocycles. The smallest absolute Gasteiger partial charge is 0.322 e. The molecular weight excluding hydrogens is 352 g/mol. The average molecular weight is 376 g/mol. The van der Waals surface area contributed by atoms with E-state index in [0.717, 1.165) is 19.4 Å². The van der Waals surface area contributed by atoms with Gasteiger partial charge in [0.15, 0.2) is 0 Å². The fraction of sp³-hybridized carbons (Fsp3) is 0.261. The number of ether oxygens (including phenoxy) is 2. The molecule has 5 nitrogen and oxygen atoms in total. The van der Waals surface area contributed by atoms with E-state index in [1.807, 2.05) is 17.0 Å². The Labute approximate surface area is 164 Å². The molecular formula is C23H24N2O3. The predicted octanol–water partition coefficient (Wildman–Crippen LogP) is 5.23. The first-order chi connectivity index (χ1) is 13.7. The van der Waals surface area contributed by atoms with Crippen LogP contribution >= 0.6 is 0 Å². The molecule has 5 heteroatoms. The quantitative estimate of drug-likeness (QED) is 0.679. The summed E-state index contributed by atoms with van der Waals surface area (Å²) in [5.74, 6) is 1.28. The molecule has 1 heterocycles. The van der Waals surface area contributed by atoms with Gasteiger partial charge in [0, 0.05) is 30.4 Å². The number of nitrogens with zero attached hydrogens (tertiary/aromatic N) is 1. The highest BCUT2D eigenvalue weighted by atomic mass is 16.5. The molecule has 0 bridgehead atoms. The van der Waals surface area contributed by atoms with Gasteiger partial charge >= 0.3 is 6.03 Å². The van der Waals surface area contributed by atoms with E-state index >= 15 is 0 Å². The summed E-state index contributed by atoms with van der Waals surface area (Å²) in [6.07, 6.45) is 1.95. The minimum atomic E-state index is -0.106. The van der Waals surface area contributed by atoms with Gasteiger partial charge < -0.3 is 19.7 Å². The van der Waals surface area contributed by atoms with Crippen LogP contribution in [0.5, 0.6) is 11.5 Å². The van der Waals surface area contributed by atoms with Crippen molar-refractivity contribution in [2.24, 2.45) is 0 Å². The minimum absolute atomic E-state index is 0.0682. The molecule has 4 rings (SSSR count). The van der Waals surface area contributed by atoms with Gasteiger partial charge in [0.05, 0.1) is 20.3 Å². The lowest BCUT2D eigenvalue weighted by Gasteiger charge is -2.26. The number of urea groups is 1. The molecule has 1 atom stereocenters. The van der Waals surface area contributed by atoms with E-state index in [-0.39, 0.29) is 12.1 Å². The van der Waals surface area contributed by atoms with Crippen LogP contribution in [-0.4, -0.2) is 31.7 Å². The zero-order valence-corrected chi connectivity index (χ0v) is 16.1. The van der Waals surface area contributed by atoms with Gasteiger partial charge in [-0.3, -0.25) is 0 Å². The third kappa shape index (κ3) is 3.48. The van der Waals surface area contributed by atoms with Gasteiger partial charge in [0.25, 0.3) is 0 Å². The number of anilines is 1. The maximum atomic E-state index is 13.1. The summed E-state index contributed by atoms with van der Waals surface area (Å²) >= 11 is 0. The summed E-state index contributed by atoms with van der Waals surface area (Å²) in [7, 11) is 3.19. The third-order valence-corrected chi connectivity index (χ3v) is 5.30. The Balaban J connectivity index is 1.61.